The maximum atomic E-state index is 12.9. The van der Waals surface area contributed by atoms with Gasteiger partial charge in [0.05, 0.1) is 4.90 Å². The molecule has 0 saturated carbocycles. The molecule has 0 aromatic heterocycles. The molecule has 132 valence electrons. The Balaban J connectivity index is 1.78. The Labute approximate surface area is 149 Å². The quantitative estimate of drug-likeness (QED) is 0.843. The first-order valence-corrected chi connectivity index (χ1v) is 10.5. The highest BCUT2D eigenvalue weighted by atomic mass is 32.2. The van der Waals surface area contributed by atoms with Crippen LogP contribution in [0.4, 0.5) is 0 Å². The number of benzene rings is 2. The number of hydrogen-bond donors (Lipinski definition) is 0. The molecule has 0 radical (unpaired) electrons. The molecule has 2 aromatic carbocycles. The summed E-state index contributed by atoms with van der Waals surface area (Å²) in [4.78, 5) is 15.1. The van der Waals surface area contributed by atoms with E-state index in [1.807, 2.05) is 23.1 Å². The van der Waals surface area contributed by atoms with Gasteiger partial charge in [-0.2, -0.15) is 0 Å². The van der Waals surface area contributed by atoms with E-state index in [4.69, 9.17) is 0 Å². The molecule has 0 aliphatic carbocycles. The smallest absolute Gasteiger partial charge is 0.254 e. The van der Waals surface area contributed by atoms with Crippen molar-refractivity contribution in [3.05, 3.63) is 65.7 Å². The van der Waals surface area contributed by atoms with Gasteiger partial charge in [0.25, 0.3) is 5.91 Å². The Kier molecular flexibility index (Phi) is 5.23. The zero-order valence-corrected chi connectivity index (χ0v) is 15.2. The van der Waals surface area contributed by atoms with Crippen LogP contribution < -0.4 is 0 Å². The molecule has 1 amide bonds. The normalized spacial score (nSPS) is 18.1. The van der Waals surface area contributed by atoms with Crippen LogP contribution in [0.5, 0.6) is 0 Å². The standard InChI is InChI=1S/C20H23NO3S/c1-25(23,24)19-12-10-17(11-13-19)20(22)21-14-6-5-9-18(21)15-16-7-3-2-4-8-16/h2-4,7-8,10-13,18H,5-6,9,14-15H2,1H3/t18-/m0/s1. The summed E-state index contributed by atoms with van der Waals surface area (Å²) in [5, 5.41) is 0. The highest BCUT2D eigenvalue weighted by Gasteiger charge is 2.27. The minimum atomic E-state index is -3.25. The third kappa shape index (κ3) is 4.28. The number of sulfone groups is 1. The molecule has 1 heterocycles. The first-order chi connectivity index (χ1) is 11.9. The van der Waals surface area contributed by atoms with E-state index >= 15 is 0 Å². The lowest BCUT2D eigenvalue weighted by molar-refractivity contribution is 0.0613. The summed E-state index contributed by atoms with van der Waals surface area (Å²) in [5.41, 5.74) is 1.78. The van der Waals surface area contributed by atoms with Gasteiger partial charge in [0.1, 0.15) is 0 Å². The molecular weight excluding hydrogens is 334 g/mol. The first-order valence-electron chi connectivity index (χ1n) is 8.60. The second-order valence-electron chi connectivity index (χ2n) is 6.63. The summed E-state index contributed by atoms with van der Waals surface area (Å²) in [6, 6.07) is 16.7. The van der Waals surface area contributed by atoms with E-state index in [2.05, 4.69) is 12.1 Å². The molecule has 0 unspecified atom stereocenters. The van der Waals surface area contributed by atoms with Gasteiger partial charge >= 0.3 is 0 Å². The fourth-order valence-corrected chi connectivity index (χ4v) is 4.01. The van der Waals surface area contributed by atoms with Crippen molar-refractivity contribution < 1.29 is 13.2 Å². The maximum absolute atomic E-state index is 12.9. The molecule has 1 aliphatic rings. The summed E-state index contributed by atoms with van der Waals surface area (Å²) in [7, 11) is -3.25. The monoisotopic (exact) mass is 357 g/mol. The Morgan fingerprint density at radius 1 is 1.04 bits per heavy atom. The average Bonchev–Trinajstić information content (AvgIpc) is 2.62. The van der Waals surface area contributed by atoms with Crippen molar-refractivity contribution in [3.63, 3.8) is 0 Å². The molecule has 25 heavy (non-hydrogen) atoms. The van der Waals surface area contributed by atoms with E-state index in [-0.39, 0.29) is 16.8 Å². The fraction of sp³-hybridized carbons (Fsp3) is 0.350. The molecular formula is C20H23NO3S. The summed E-state index contributed by atoms with van der Waals surface area (Å²) in [6.45, 7) is 0.754. The fourth-order valence-electron chi connectivity index (χ4n) is 3.38. The lowest BCUT2D eigenvalue weighted by Gasteiger charge is -2.36. The molecule has 3 rings (SSSR count). The summed E-state index contributed by atoms with van der Waals surface area (Å²) < 4.78 is 23.2. The maximum Gasteiger partial charge on any atom is 0.254 e. The Morgan fingerprint density at radius 2 is 1.72 bits per heavy atom. The van der Waals surface area contributed by atoms with Gasteiger partial charge in [0.15, 0.2) is 9.84 Å². The average molecular weight is 357 g/mol. The second kappa shape index (κ2) is 7.40. The van der Waals surface area contributed by atoms with E-state index < -0.39 is 9.84 Å². The van der Waals surface area contributed by atoms with Crippen LogP contribution in [0.25, 0.3) is 0 Å². The Bertz CT molecular complexity index is 829. The van der Waals surface area contributed by atoms with Crippen LogP contribution in [-0.4, -0.2) is 38.1 Å². The van der Waals surface area contributed by atoms with Crippen molar-refractivity contribution in [2.75, 3.05) is 12.8 Å². The molecule has 0 N–H and O–H groups in total. The van der Waals surface area contributed by atoms with Crippen LogP contribution in [0.2, 0.25) is 0 Å². The van der Waals surface area contributed by atoms with Gasteiger partial charge in [-0.3, -0.25) is 4.79 Å². The van der Waals surface area contributed by atoms with Crippen LogP contribution in [0.1, 0.15) is 35.2 Å². The van der Waals surface area contributed by atoms with Gasteiger partial charge in [-0.25, -0.2) is 8.42 Å². The number of hydrogen-bond acceptors (Lipinski definition) is 3. The molecule has 4 nitrogen and oxygen atoms in total. The van der Waals surface area contributed by atoms with E-state index in [0.717, 1.165) is 32.2 Å². The van der Waals surface area contributed by atoms with E-state index in [1.54, 1.807) is 12.1 Å². The molecule has 1 saturated heterocycles. The van der Waals surface area contributed by atoms with Crippen molar-refractivity contribution in [2.45, 2.75) is 36.6 Å². The Morgan fingerprint density at radius 3 is 2.36 bits per heavy atom. The summed E-state index contributed by atoms with van der Waals surface area (Å²) in [5.74, 6) is -0.0133. The number of carbonyl (C=O) groups excluding carboxylic acids is 1. The highest BCUT2D eigenvalue weighted by molar-refractivity contribution is 7.90. The Hall–Kier alpha value is -2.14. The van der Waals surface area contributed by atoms with Gasteiger partial charge < -0.3 is 4.90 Å². The first kappa shape index (κ1) is 17.7. The number of nitrogens with zero attached hydrogens (tertiary/aromatic N) is 1. The zero-order valence-electron chi connectivity index (χ0n) is 14.4. The molecule has 0 spiro atoms. The van der Waals surface area contributed by atoms with Crippen molar-refractivity contribution in [1.29, 1.82) is 0 Å². The van der Waals surface area contributed by atoms with Gasteiger partial charge in [-0.1, -0.05) is 30.3 Å². The van der Waals surface area contributed by atoms with Gasteiger partial charge in [0.2, 0.25) is 0 Å². The highest BCUT2D eigenvalue weighted by Crippen LogP contribution is 2.23. The third-order valence-corrected chi connectivity index (χ3v) is 5.86. The van der Waals surface area contributed by atoms with Gasteiger partial charge in [-0.05, 0) is 55.5 Å². The van der Waals surface area contributed by atoms with Crippen molar-refractivity contribution in [2.24, 2.45) is 0 Å². The van der Waals surface area contributed by atoms with Crippen LogP contribution in [0, 0.1) is 0 Å². The van der Waals surface area contributed by atoms with Crippen molar-refractivity contribution in [1.82, 2.24) is 4.90 Å². The number of amides is 1. The van der Waals surface area contributed by atoms with E-state index in [9.17, 15) is 13.2 Å². The molecule has 1 aliphatic heterocycles. The van der Waals surface area contributed by atoms with Crippen LogP contribution >= 0.6 is 0 Å². The minimum Gasteiger partial charge on any atom is -0.335 e. The van der Waals surface area contributed by atoms with Gasteiger partial charge in [0, 0.05) is 24.4 Å². The molecule has 1 fully saturated rings. The topological polar surface area (TPSA) is 54.5 Å². The van der Waals surface area contributed by atoms with E-state index in [0.29, 0.717) is 5.56 Å². The predicted octanol–water partition coefficient (Wildman–Crippen LogP) is 3.33. The van der Waals surface area contributed by atoms with Crippen LogP contribution in [0.15, 0.2) is 59.5 Å². The molecule has 5 heteroatoms. The van der Waals surface area contributed by atoms with Crippen molar-refractivity contribution >= 4 is 15.7 Å². The largest absolute Gasteiger partial charge is 0.335 e. The summed E-state index contributed by atoms with van der Waals surface area (Å²) >= 11 is 0. The lowest BCUT2D eigenvalue weighted by atomic mass is 9.95. The SMILES string of the molecule is CS(=O)(=O)c1ccc(C(=O)N2CCCC[C@H]2Cc2ccccc2)cc1. The lowest BCUT2D eigenvalue weighted by Crippen LogP contribution is -2.44. The number of likely N-dealkylation sites (tertiary alicyclic amines) is 1. The number of carbonyl (C=O) groups is 1. The van der Waals surface area contributed by atoms with Crippen LogP contribution in [0.3, 0.4) is 0 Å². The second-order valence-corrected chi connectivity index (χ2v) is 8.65. The van der Waals surface area contributed by atoms with Crippen molar-refractivity contribution in [3.8, 4) is 0 Å². The molecule has 0 bridgehead atoms. The minimum absolute atomic E-state index is 0.0133. The molecule has 1 atom stereocenters. The number of rotatable bonds is 4. The third-order valence-electron chi connectivity index (χ3n) is 4.73. The molecule has 2 aromatic rings. The zero-order chi connectivity index (χ0) is 17.9. The predicted molar refractivity (Wildman–Crippen MR) is 98.4 cm³/mol. The van der Waals surface area contributed by atoms with Gasteiger partial charge in [-0.15, -0.1) is 0 Å². The number of piperidine rings is 1. The van der Waals surface area contributed by atoms with E-state index in [1.165, 1.54) is 24.0 Å². The summed E-state index contributed by atoms with van der Waals surface area (Å²) in [6.07, 6.45) is 5.17. The van der Waals surface area contributed by atoms with Crippen LogP contribution in [-0.2, 0) is 16.3 Å².